The molecule has 0 bridgehead atoms. The first-order valence-electron chi connectivity index (χ1n) is 14.7. The highest BCUT2D eigenvalue weighted by Gasteiger charge is 2.46. The molecule has 0 saturated heterocycles. The topological polar surface area (TPSA) is 152 Å². The third-order valence-electron chi connectivity index (χ3n) is 7.18. The number of anilines is 3. The number of primary amides is 1. The molecule has 0 spiro atoms. The van der Waals surface area contributed by atoms with Gasteiger partial charge in [0.25, 0.3) is 0 Å². The number of amides is 1. The molecule has 0 fully saturated rings. The lowest BCUT2D eigenvalue weighted by Crippen LogP contribution is -2.40. The average molecular weight is 736 g/mol. The average Bonchev–Trinajstić information content (AvgIpc) is 3.43. The molecule has 0 aliphatic heterocycles. The fraction of sp³-hybridized carbons (Fsp3) is 0.250. The van der Waals surface area contributed by atoms with E-state index in [1.54, 1.807) is 24.3 Å². The largest absolute Gasteiger partial charge is 0.492 e. The number of hydrogen-bond acceptors (Lipinski definition) is 10. The van der Waals surface area contributed by atoms with Gasteiger partial charge in [0.05, 0.1) is 16.3 Å². The minimum Gasteiger partial charge on any atom is -0.492 e. The fourth-order valence-electron chi connectivity index (χ4n) is 4.96. The molecule has 1 aliphatic rings. The van der Waals surface area contributed by atoms with Gasteiger partial charge in [-0.05, 0) is 68.2 Å². The normalized spacial score (nSPS) is 17.8. The molecule has 1 aliphatic carbocycles. The number of nitrogens with one attached hydrogen (secondary N) is 2. The molecular formula is C32H30F5N7O4S2. The van der Waals surface area contributed by atoms with E-state index in [9.17, 15) is 30.8 Å². The predicted octanol–water partition coefficient (Wildman–Crippen LogP) is 5.94. The summed E-state index contributed by atoms with van der Waals surface area (Å²) in [6.07, 6.45) is -0.633. The van der Waals surface area contributed by atoms with E-state index < -0.39 is 50.4 Å². The molecule has 0 saturated carbocycles. The SMILES string of the molecule is CN(C)CCOc1ccc(Nc2nccc(-c3sc(NS(=O)(=O)CC(F)(F)F)nc3-c3cccc(C4(F)C=CC=C(F)C4C(N)=O)c3)n2)cc1. The van der Waals surface area contributed by atoms with Crippen LogP contribution in [0.5, 0.6) is 5.75 Å². The van der Waals surface area contributed by atoms with Crippen LogP contribution in [0.1, 0.15) is 5.56 Å². The Kier molecular flexibility index (Phi) is 10.5. The van der Waals surface area contributed by atoms with Crippen molar-refractivity contribution in [3.63, 3.8) is 0 Å². The minimum absolute atomic E-state index is 0.000428. The summed E-state index contributed by atoms with van der Waals surface area (Å²) in [6, 6.07) is 13.9. The van der Waals surface area contributed by atoms with Crippen LogP contribution in [0.4, 0.5) is 38.7 Å². The maximum absolute atomic E-state index is 16.4. The summed E-state index contributed by atoms with van der Waals surface area (Å²) in [5, 5.41) is 2.61. The lowest BCUT2D eigenvalue weighted by Gasteiger charge is -2.31. The number of nitrogens with zero attached hydrogens (tertiary/aromatic N) is 4. The van der Waals surface area contributed by atoms with Crippen LogP contribution >= 0.6 is 11.3 Å². The lowest BCUT2D eigenvalue weighted by atomic mass is 9.78. The van der Waals surface area contributed by atoms with E-state index >= 15 is 4.39 Å². The maximum Gasteiger partial charge on any atom is 0.404 e. The number of halogens is 5. The minimum atomic E-state index is -5.03. The summed E-state index contributed by atoms with van der Waals surface area (Å²) in [5.74, 6) is -5.72. The van der Waals surface area contributed by atoms with E-state index in [2.05, 4.69) is 20.3 Å². The zero-order valence-electron chi connectivity index (χ0n) is 26.4. The van der Waals surface area contributed by atoms with Crippen molar-refractivity contribution in [1.82, 2.24) is 19.9 Å². The zero-order chi connectivity index (χ0) is 36.3. The second-order valence-electron chi connectivity index (χ2n) is 11.3. The van der Waals surface area contributed by atoms with Gasteiger partial charge in [0, 0.05) is 24.0 Å². The van der Waals surface area contributed by atoms with Crippen LogP contribution in [0.3, 0.4) is 0 Å². The molecule has 2 heterocycles. The Morgan fingerprint density at radius 3 is 2.54 bits per heavy atom. The fourth-order valence-corrected chi connectivity index (χ4v) is 7.13. The summed E-state index contributed by atoms with van der Waals surface area (Å²) in [5.41, 5.74) is 3.40. The van der Waals surface area contributed by atoms with Crippen LogP contribution in [0.15, 0.2) is 84.8 Å². The number of aromatic nitrogens is 3. The van der Waals surface area contributed by atoms with Gasteiger partial charge in [0.1, 0.15) is 24.1 Å². The van der Waals surface area contributed by atoms with E-state index in [1.807, 2.05) is 23.7 Å². The van der Waals surface area contributed by atoms with Crippen LogP contribution in [0.25, 0.3) is 21.8 Å². The number of likely N-dealkylation sites (N-methyl/N-ethyl adjacent to an activating group) is 1. The van der Waals surface area contributed by atoms with Gasteiger partial charge in [-0.1, -0.05) is 35.6 Å². The van der Waals surface area contributed by atoms with Crippen molar-refractivity contribution in [2.45, 2.75) is 11.8 Å². The van der Waals surface area contributed by atoms with Crippen molar-refractivity contribution in [2.24, 2.45) is 11.7 Å². The molecule has 0 radical (unpaired) electrons. The van der Waals surface area contributed by atoms with Crippen LogP contribution in [0.2, 0.25) is 0 Å². The first kappa shape index (κ1) is 36.3. The van der Waals surface area contributed by atoms with E-state index in [1.165, 1.54) is 36.5 Å². The van der Waals surface area contributed by atoms with Crippen LogP contribution in [-0.4, -0.2) is 73.4 Å². The third kappa shape index (κ3) is 8.80. The first-order valence-corrected chi connectivity index (χ1v) is 17.2. The molecule has 2 aromatic carbocycles. The number of ether oxygens (including phenoxy) is 1. The number of nitrogens with two attached hydrogens (primary N) is 1. The number of thiazole rings is 1. The third-order valence-corrected chi connectivity index (χ3v) is 9.52. The van der Waals surface area contributed by atoms with Crippen molar-refractivity contribution in [3.05, 3.63) is 90.4 Å². The molecule has 50 heavy (non-hydrogen) atoms. The van der Waals surface area contributed by atoms with Crippen molar-refractivity contribution in [2.75, 3.05) is 43.0 Å². The molecular weight excluding hydrogens is 706 g/mol. The highest BCUT2D eigenvalue weighted by molar-refractivity contribution is 7.92. The van der Waals surface area contributed by atoms with Crippen LogP contribution < -0.4 is 20.5 Å². The molecule has 5 rings (SSSR count). The van der Waals surface area contributed by atoms with E-state index in [4.69, 9.17) is 10.5 Å². The molecule has 4 N–H and O–H groups in total. The number of alkyl halides is 4. The molecule has 4 aromatic rings. The van der Waals surface area contributed by atoms with Gasteiger partial charge in [-0.15, -0.1) is 0 Å². The number of hydrogen-bond donors (Lipinski definition) is 3. The Morgan fingerprint density at radius 1 is 1.12 bits per heavy atom. The van der Waals surface area contributed by atoms with E-state index in [-0.39, 0.29) is 33.3 Å². The second kappa shape index (κ2) is 14.5. The zero-order valence-corrected chi connectivity index (χ0v) is 28.0. The molecule has 11 nitrogen and oxygen atoms in total. The highest BCUT2D eigenvalue weighted by atomic mass is 32.2. The number of sulfonamides is 1. The Labute approximate surface area is 287 Å². The molecule has 2 unspecified atom stereocenters. The summed E-state index contributed by atoms with van der Waals surface area (Å²) in [6.45, 7) is 1.22. The highest BCUT2D eigenvalue weighted by Crippen LogP contribution is 2.45. The van der Waals surface area contributed by atoms with Gasteiger partial charge >= 0.3 is 6.18 Å². The number of carbonyl (C=O) groups excluding carboxylic acids is 1. The summed E-state index contributed by atoms with van der Waals surface area (Å²) < 4.78 is 102. The van der Waals surface area contributed by atoms with Crippen LogP contribution in [-0.2, 0) is 20.5 Å². The standard InChI is InChI=1S/C32H30F5N7O4S2/c1-44(2)15-16-48-22-10-8-21(9-11-22)40-29-39-14-12-24(41-29)27-26(42-30(49-27)43-50(46,47)18-32(35,36)37)19-5-3-6-20(17-19)31(34)13-4-7-23(33)25(31)28(38)45/h3-14,17,25H,15-16,18H2,1-2H3,(H2,38,45)(H,42,43)(H,39,40,41). The summed E-state index contributed by atoms with van der Waals surface area (Å²) in [7, 11) is -1.08. The van der Waals surface area contributed by atoms with Gasteiger partial charge in [-0.25, -0.2) is 32.2 Å². The van der Waals surface area contributed by atoms with Gasteiger partial charge in [-0.2, -0.15) is 13.2 Å². The number of rotatable bonds is 13. The molecule has 2 atom stereocenters. The smallest absolute Gasteiger partial charge is 0.404 e. The van der Waals surface area contributed by atoms with Crippen molar-refractivity contribution < 1.29 is 39.9 Å². The predicted molar refractivity (Wildman–Crippen MR) is 180 cm³/mol. The van der Waals surface area contributed by atoms with Crippen molar-refractivity contribution in [1.29, 1.82) is 0 Å². The lowest BCUT2D eigenvalue weighted by molar-refractivity contribution is -0.125. The van der Waals surface area contributed by atoms with Crippen LogP contribution in [0, 0.1) is 5.92 Å². The molecule has 1 amide bonds. The quantitative estimate of drug-likeness (QED) is 0.142. The number of allylic oxidation sites excluding steroid dienone is 3. The Balaban J connectivity index is 1.52. The van der Waals surface area contributed by atoms with E-state index in [0.29, 0.717) is 29.4 Å². The van der Waals surface area contributed by atoms with Gasteiger partial charge in [0.2, 0.25) is 21.9 Å². The van der Waals surface area contributed by atoms with E-state index in [0.717, 1.165) is 24.8 Å². The second-order valence-corrected chi connectivity index (χ2v) is 14.1. The number of benzene rings is 2. The van der Waals surface area contributed by atoms with Crippen molar-refractivity contribution >= 4 is 44.0 Å². The number of carbonyl (C=O) groups is 1. The molecule has 18 heteroatoms. The van der Waals surface area contributed by atoms with Crippen molar-refractivity contribution in [3.8, 4) is 27.6 Å². The Bertz CT molecular complexity index is 2040. The Hall–Kier alpha value is -4.94. The van der Waals surface area contributed by atoms with Gasteiger partial charge in [0.15, 0.2) is 16.6 Å². The molecule has 264 valence electrons. The maximum atomic E-state index is 16.4. The summed E-state index contributed by atoms with van der Waals surface area (Å²) in [4.78, 5) is 27.2. The molecule has 2 aromatic heterocycles. The monoisotopic (exact) mass is 735 g/mol. The summed E-state index contributed by atoms with van der Waals surface area (Å²) >= 11 is 0.675. The van der Waals surface area contributed by atoms with Gasteiger partial charge < -0.3 is 20.7 Å². The first-order chi connectivity index (χ1) is 23.5. The van der Waals surface area contributed by atoms with Gasteiger partial charge in [-0.3, -0.25) is 9.52 Å². The Morgan fingerprint density at radius 2 is 1.86 bits per heavy atom.